The third kappa shape index (κ3) is 7.00. The van der Waals surface area contributed by atoms with E-state index in [1.165, 1.54) is 19.4 Å². The van der Waals surface area contributed by atoms with Crippen molar-refractivity contribution in [1.29, 1.82) is 0 Å². The summed E-state index contributed by atoms with van der Waals surface area (Å²) >= 11 is 0. The second-order valence-corrected chi connectivity index (χ2v) is 4.57. The molecule has 0 aromatic heterocycles. The van der Waals surface area contributed by atoms with Gasteiger partial charge in [0.05, 0.1) is 0 Å². The Kier molecular flexibility index (Phi) is 9.60. The molecule has 96 valence electrons. The Balaban J connectivity index is 3.78. The molecule has 0 rings (SSSR count). The molecule has 0 amide bonds. The molecular weight excluding hydrogens is 198 g/mol. The van der Waals surface area contributed by atoms with Gasteiger partial charge in [-0.1, -0.05) is 40.5 Å². The smallest absolute Gasteiger partial charge is 0.132 e. The average molecular weight is 227 g/mol. The summed E-state index contributed by atoms with van der Waals surface area (Å²) in [5.41, 5.74) is 0. The highest BCUT2D eigenvalue weighted by molar-refractivity contribution is 5.77. The van der Waals surface area contributed by atoms with E-state index in [0.717, 1.165) is 31.8 Å². The zero-order valence-corrected chi connectivity index (χ0v) is 11.6. The largest absolute Gasteiger partial charge is 0.303 e. The van der Waals surface area contributed by atoms with Crippen molar-refractivity contribution in [2.24, 2.45) is 5.92 Å². The molecule has 0 saturated heterocycles. The first kappa shape index (κ1) is 15.6. The fourth-order valence-corrected chi connectivity index (χ4v) is 1.97. The summed E-state index contributed by atoms with van der Waals surface area (Å²) in [5.74, 6) is 1.22. The number of hydrogen-bond acceptors (Lipinski definition) is 2. The lowest BCUT2D eigenvalue weighted by molar-refractivity contribution is -0.118. The second kappa shape index (κ2) is 9.83. The Labute approximate surface area is 101 Å². The van der Waals surface area contributed by atoms with Gasteiger partial charge in [-0.3, -0.25) is 4.79 Å². The number of carbonyl (C=O) groups is 1. The first-order valence-electron chi connectivity index (χ1n) is 6.91. The van der Waals surface area contributed by atoms with Crippen molar-refractivity contribution >= 4 is 5.78 Å². The van der Waals surface area contributed by atoms with Crippen molar-refractivity contribution in [3.05, 3.63) is 0 Å². The average Bonchev–Trinajstić information content (AvgIpc) is 2.33. The third-order valence-electron chi connectivity index (χ3n) is 3.44. The molecule has 0 aromatic rings. The monoisotopic (exact) mass is 227 g/mol. The molecule has 0 unspecified atom stereocenters. The van der Waals surface area contributed by atoms with Gasteiger partial charge in [-0.2, -0.15) is 0 Å². The number of Topliss-reactive ketones (excluding diaryl/α,β-unsaturated/α-hetero) is 1. The molecule has 16 heavy (non-hydrogen) atoms. The van der Waals surface area contributed by atoms with E-state index < -0.39 is 0 Å². The van der Waals surface area contributed by atoms with Crippen LogP contribution in [-0.4, -0.2) is 30.3 Å². The van der Waals surface area contributed by atoms with E-state index in [2.05, 4.69) is 25.7 Å². The molecule has 2 nitrogen and oxygen atoms in total. The van der Waals surface area contributed by atoms with Gasteiger partial charge in [0.1, 0.15) is 5.78 Å². The summed E-state index contributed by atoms with van der Waals surface area (Å²) in [6.07, 6.45) is 5.01. The fraction of sp³-hybridized carbons (Fsp3) is 0.929. The van der Waals surface area contributed by atoms with Gasteiger partial charge in [0, 0.05) is 19.4 Å². The van der Waals surface area contributed by atoms with Gasteiger partial charge in [0.2, 0.25) is 0 Å². The molecule has 0 N–H and O–H groups in total. The molecule has 0 atom stereocenters. The Hall–Kier alpha value is -0.370. The van der Waals surface area contributed by atoms with Crippen LogP contribution in [0.15, 0.2) is 0 Å². The minimum atomic E-state index is 0.401. The maximum absolute atomic E-state index is 11.2. The predicted octanol–water partition coefficient (Wildman–Crippen LogP) is 3.50. The van der Waals surface area contributed by atoms with Crippen LogP contribution in [0.1, 0.15) is 59.8 Å². The predicted molar refractivity (Wildman–Crippen MR) is 70.7 cm³/mol. The number of carbonyl (C=O) groups excluding carboxylic acids is 1. The lowest BCUT2D eigenvalue weighted by Crippen LogP contribution is -2.30. The Morgan fingerprint density at radius 2 is 1.75 bits per heavy atom. The molecule has 0 aliphatic carbocycles. The van der Waals surface area contributed by atoms with Gasteiger partial charge in [0.25, 0.3) is 0 Å². The molecular formula is C14H29NO. The number of nitrogens with zero attached hydrogens (tertiary/aromatic N) is 1. The van der Waals surface area contributed by atoms with Crippen molar-refractivity contribution in [3.8, 4) is 0 Å². The summed E-state index contributed by atoms with van der Waals surface area (Å²) < 4.78 is 0. The van der Waals surface area contributed by atoms with E-state index in [1.807, 2.05) is 6.92 Å². The Bertz CT molecular complexity index is 176. The lowest BCUT2D eigenvalue weighted by Gasteiger charge is -2.25. The van der Waals surface area contributed by atoms with Gasteiger partial charge < -0.3 is 4.90 Å². The number of ketones is 1. The van der Waals surface area contributed by atoms with Crippen molar-refractivity contribution in [1.82, 2.24) is 4.90 Å². The first-order chi connectivity index (χ1) is 7.67. The summed E-state index contributed by atoms with van der Waals surface area (Å²) in [7, 11) is 0. The lowest BCUT2D eigenvalue weighted by atomic mass is 10.0. The van der Waals surface area contributed by atoms with Crippen LogP contribution in [0.3, 0.4) is 0 Å². The summed E-state index contributed by atoms with van der Waals surface area (Å²) in [6, 6.07) is 0. The molecule has 0 saturated carbocycles. The van der Waals surface area contributed by atoms with E-state index in [0.29, 0.717) is 12.2 Å². The van der Waals surface area contributed by atoms with Gasteiger partial charge in [-0.15, -0.1) is 0 Å². The van der Waals surface area contributed by atoms with Crippen LogP contribution in [-0.2, 0) is 4.79 Å². The van der Waals surface area contributed by atoms with Crippen LogP contribution in [0.25, 0.3) is 0 Å². The van der Waals surface area contributed by atoms with E-state index in [4.69, 9.17) is 0 Å². The molecule has 0 fully saturated rings. The van der Waals surface area contributed by atoms with Crippen LogP contribution in [0, 0.1) is 5.92 Å². The highest BCUT2D eigenvalue weighted by Gasteiger charge is 2.09. The topological polar surface area (TPSA) is 20.3 Å². The Morgan fingerprint density at radius 3 is 2.19 bits per heavy atom. The van der Waals surface area contributed by atoms with Crippen LogP contribution in [0.4, 0.5) is 0 Å². The van der Waals surface area contributed by atoms with Crippen LogP contribution in [0.2, 0.25) is 0 Å². The van der Waals surface area contributed by atoms with Crippen molar-refractivity contribution in [3.63, 3.8) is 0 Å². The molecule has 0 heterocycles. The molecule has 0 aromatic carbocycles. The third-order valence-corrected chi connectivity index (χ3v) is 3.44. The summed E-state index contributed by atoms with van der Waals surface area (Å²) in [5, 5.41) is 0. The fourth-order valence-electron chi connectivity index (χ4n) is 1.97. The molecule has 0 aliphatic rings. The second-order valence-electron chi connectivity index (χ2n) is 4.57. The SMILES string of the molecule is CCC(=O)CCCN(CC)CC(CC)CC. The highest BCUT2D eigenvalue weighted by atomic mass is 16.1. The highest BCUT2D eigenvalue weighted by Crippen LogP contribution is 2.10. The number of rotatable bonds is 10. The summed E-state index contributed by atoms with van der Waals surface area (Å²) in [6.45, 7) is 12.1. The zero-order chi connectivity index (χ0) is 12.4. The van der Waals surface area contributed by atoms with E-state index >= 15 is 0 Å². The normalized spacial score (nSPS) is 11.4. The molecule has 0 spiro atoms. The first-order valence-corrected chi connectivity index (χ1v) is 6.91. The van der Waals surface area contributed by atoms with E-state index in [-0.39, 0.29) is 0 Å². The van der Waals surface area contributed by atoms with Crippen molar-refractivity contribution in [2.75, 3.05) is 19.6 Å². The molecule has 0 bridgehead atoms. The van der Waals surface area contributed by atoms with Crippen molar-refractivity contribution < 1.29 is 4.79 Å². The van der Waals surface area contributed by atoms with Crippen LogP contribution < -0.4 is 0 Å². The zero-order valence-electron chi connectivity index (χ0n) is 11.6. The van der Waals surface area contributed by atoms with Crippen molar-refractivity contribution in [2.45, 2.75) is 59.8 Å². The minimum absolute atomic E-state index is 0.401. The summed E-state index contributed by atoms with van der Waals surface area (Å²) in [4.78, 5) is 13.7. The van der Waals surface area contributed by atoms with Gasteiger partial charge in [-0.25, -0.2) is 0 Å². The van der Waals surface area contributed by atoms with E-state index in [9.17, 15) is 4.79 Å². The van der Waals surface area contributed by atoms with Crippen LogP contribution in [0.5, 0.6) is 0 Å². The van der Waals surface area contributed by atoms with Gasteiger partial charge >= 0.3 is 0 Å². The quantitative estimate of drug-likeness (QED) is 0.569. The van der Waals surface area contributed by atoms with E-state index in [1.54, 1.807) is 0 Å². The maximum atomic E-state index is 11.2. The Morgan fingerprint density at radius 1 is 1.12 bits per heavy atom. The standard InChI is InChI=1S/C14H29NO/c1-5-13(6-2)12-15(8-4)11-9-10-14(16)7-3/h13H,5-12H2,1-4H3. The number of hydrogen-bond donors (Lipinski definition) is 0. The molecule has 0 radical (unpaired) electrons. The minimum Gasteiger partial charge on any atom is -0.303 e. The van der Waals surface area contributed by atoms with Gasteiger partial charge in [-0.05, 0) is 25.4 Å². The molecule has 2 heteroatoms. The maximum Gasteiger partial charge on any atom is 0.132 e. The molecule has 0 aliphatic heterocycles. The van der Waals surface area contributed by atoms with Crippen LogP contribution >= 0.6 is 0 Å². The van der Waals surface area contributed by atoms with Gasteiger partial charge in [0.15, 0.2) is 0 Å².